The highest BCUT2D eigenvalue weighted by molar-refractivity contribution is 5.94. The smallest absolute Gasteiger partial charge is 0.253 e. The number of likely N-dealkylation sites (tertiary alicyclic amines) is 1. The Balaban J connectivity index is 1.54. The van der Waals surface area contributed by atoms with Gasteiger partial charge in [-0.05, 0) is 31.4 Å². The first-order chi connectivity index (χ1) is 11.8. The minimum atomic E-state index is 0.0490. The molecular formula is C18H22N2O4. The summed E-state index contributed by atoms with van der Waals surface area (Å²) in [4.78, 5) is 18.3. The van der Waals surface area contributed by atoms with Gasteiger partial charge >= 0.3 is 0 Å². The minimum Gasteiger partial charge on any atom is -0.444 e. The number of carbonyl (C=O) groups is 1. The average Bonchev–Trinajstić information content (AvgIpc) is 3.17. The number of aliphatic hydroxyl groups excluding tert-OH is 1. The monoisotopic (exact) mass is 330 g/mol. The van der Waals surface area contributed by atoms with E-state index in [0.717, 1.165) is 18.4 Å². The number of amides is 1. The van der Waals surface area contributed by atoms with Crippen molar-refractivity contribution in [1.82, 2.24) is 9.88 Å². The van der Waals surface area contributed by atoms with Crippen LogP contribution in [0.25, 0.3) is 11.3 Å². The second-order valence-electron chi connectivity index (χ2n) is 5.88. The molecular weight excluding hydrogens is 308 g/mol. The van der Waals surface area contributed by atoms with E-state index in [1.54, 1.807) is 6.20 Å². The molecule has 1 aromatic carbocycles. The predicted molar refractivity (Wildman–Crippen MR) is 88.5 cm³/mol. The number of oxazole rings is 1. The molecule has 3 rings (SSSR count). The van der Waals surface area contributed by atoms with Gasteiger partial charge in [-0.2, -0.15) is 0 Å². The highest BCUT2D eigenvalue weighted by atomic mass is 16.5. The fourth-order valence-corrected chi connectivity index (χ4v) is 2.86. The lowest BCUT2D eigenvalue weighted by Gasteiger charge is -2.32. The molecule has 0 radical (unpaired) electrons. The van der Waals surface area contributed by atoms with Crippen LogP contribution in [0.1, 0.15) is 29.6 Å². The van der Waals surface area contributed by atoms with Gasteiger partial charge in [0.2, 0.25) is 0 Å². The molecule has 1 amide bonds. The summed E-state index contributed by atoms with van der Waals surface area (Å²) in [6, 6.07) is 7.39. The third-order valence-electron chi connectivity index (χ3n) is 4.23. The Kier molecular flexibility index (Phi) is 5.61. The normalized spacial score (nSPS) is 15.6. The third kappa shape index (κ3) is 4.01. The van der Waals surface area contributed by atoms with Gasteiger partial charge in [0, 0.05) is 37.4 Å². The number of carbonyl (C=O) groups excluding carboxylic acids is 1. The average molecular weight is 330 g/mol. The van der Waals surface area contributed by atoms with Crippen LogP contribution < -0.4 is 0 Å². The number of rotatable bonds is 6. The zero-order valence-electron chi connectivity index (χ0n) is 13.6. The van der Waals surface area contributed by atoms with Crippen molar-refractivity contribution in [1.29, 1.82) is 0 Å². The zero-order valence-corrected chi connectivity index (χ0v) is 13.6. The van der Waals surface area contributed by atoms with Gasteiger partial charge in [0.1, 0.15) is 0 Å². The second kappa shape index (κ2) is 8.08. The lowest BCUT2D eigenvalue weighted by Crippen LogP contribution is -2.41. The molecule has 1 aliphatic heterocycles. The molecule has 1 aromatic heterocycles. The van der Waals surface area contributed by atoms with Crippen molar-refractivity contribution in [2.45, 2.75) is 25.4 Å². The molecule has 1 aliphatic rings. The van der Waals surface area contributed by atoms with Crippen LogP contribution in [-0.4, -0.2) is 53.3 Å². The molecule has 0 saturated carbocycles. The second-order valence-corrected chi connectivity index (χ2v) is 5.88. The van der Waals surface area contributed by atoms with E-state index in [1.807, 2.05) is 29.2 Å². The first kappa shape index (κ1) is 16.7. The molecule has 6 heteroatoms. The van der Waals surface area contributed by atoms with E-state index < -0.39 is 0 Å². The van der Waals surface area contributed by atoms with E-state index in [0.29, 0.717) is 37.4 Å². The van der Waals surface area contributed by atoms with E-state index in [4.69, 9.17) is 14.3 Å². The lowest BCUT2D eigenvalue weighted by atomic mass is 10.0. The molecule has 0 unspecified atom stereocenters. The van der Waals surface area contributed by atoms with Crippen LogP contribution in [0.3, 0.4) is 0 Å². The van der Waals surface area contributed by atoms with Crippen LogP contribution in [0, 0.1) is 0 Å². The van der Waals surface area contributed by atoms with Crippen LogP contribution in [0.4, 0.5) is 0 Å². The summed E-state index contributed by atoms with van der Waals surface area (Å²) >= 11 is 0. The predicted octanol–water partition coefficient (Wildman–Crippen LogP) is 2.35. The molecule has 1 saturated heterocycles. The molecule has 2 aromatic rings. The third-order valence-corrected chi connectivity index (χ3v) is 4.23. The quantitative estimate of drug-likeness (QED) is 0.823. The van der Waals surface area contributed by atoms with Gasteiger partial charge in [0.05, 0.1) is 12.3 Å². The van der Waals surface area contributed by atoms with E-state index >= 15 is 0 Å². The first-order valence-electron chi connectivity index (χ1n) is 8.28. The van der Waals surface area contributed by atoms with Crippen LogP contribution in [0.15, 0.2) is 41.3 Å². The van der Waals surface area contributed by atoms with Gasteiger partial charge in [0.15, 0.2) is 12.2 Å². The van der Waals surface area contributed by atoms with Gasteiger partial charge < -0.3 is 19.2 Å². The fourth-order valence-electron chi connectivity index (χ4n) is 2.86. The molecule has 1 fully saturated rings. The minimum absolute atomic E-state index is 0.0490. The number of hydrogen-bond acceptors (Lipinski definition) is 5. The number of piperidine rings is 1. The summed E-state index contributed by atoms with van der Waals surface area (Å²) in [7, 11) is 0. The molecule has 6 nitrogen and oxygen atoms in total. The number of benzene rings is 1. The van der Waals surface area contributed by atoms with Gasteiger partial charge in [-0.1, -0.05) is 12.1 Å². The lowest BCUT2D eigenvalue weighted by molar-refractivity contribution is 0.00397. The highest BCUT2D eigenvalue weighted by Gasteiger charge is 2.24. The van der Waals surface area contributed by atoms with Crippen LogP contribution >= 0.6 is 0 Å². The van der Waals surface area contributed by atoms with Gasteiger partial charge in [-0.3, -0.25) is 4.79 Å². The number of ether oxygens (including phenoxy) is 1. The zero-order chi connectivity index (χ0) is 16.8. The molecule has 0 bridgehead atoms. The summed E-state index contributed by atoms with van der Waals surface area (Å²) in [6.45, 7) is 2.14. The SMILES string of the molecule is O=C(c1ccc(-c2cnco2)cc1)N1CCC(OCCCO)CC1. The van der Waals surface area contributed by atoms with E-state index in [9.17, 15) is 4.79 Å². The standard InChI is InChI=1S/C18H22N2O4/c21-10-1-11-23-16-6-8-20(9-7-16)18(22)15-4-2-14(3-5-15)17-12-19-13-24-17/h2-5,12-13,16,21H,1,6-11H2. The molecule has 0 aliphatic carbocycles. The van der Waals surface area contributed by atoms with Crippen LogP contribution in [0.5, 0.6) is 0 Å². The Labute approximate surface area is 141 Å². The molecule has 2 heterocycles. The van der Waals surface area contributed by atoms with Gasteiger partial charge in [-0.15, -0.1) is 0 Å². The number of aromatic nitrogens is 1. The van der Waals surface area contributed by atoms with Crippen molar-refractivity contribution in [3.05, 3.63) is 42.4 Å². The van der Waals surface area contributed by atoms with E-state index in [-0.39, 0.29) is 18.6 Å². The van der Waals surface area contributed by atoms with Crippen molar-refractivity contribution in [3.63, 3.8) is 0 Å². The Hall–Kier alpha value is -2.18. The van der Waals surface area contributed by atoms with Crippen LogP contribution in [0.2, 0.25) is 0 Å². The number of nitrogens with zero attached hydrogens (tertiary/aromatic N) is 2. The molecule has 0 atom stereocenters. The maximum atomic E-state index is 12.6. The summed E-state index contributed by atoms with van der Waals surface area (Å²) in [6.07, 6.45) is 5.58. The molecule has 1 N–H and O–H groups in total. The molecule has 128 valence electrons. The maximum absolute atomic E-state index is 12.6. The Morgan fingerprint density at radius 2 is 2.04 bits per heavy atom. The summed E-state index contributed by atoms with van der Waals surface area (Å²) < 4.78 is 11.0. The molecule has 0 spiro atoms. The number of hydrogen-bond donors (Lipinski definition) is 1. The Morgan fingerprint density at radius 3 is 2.67 bits per heavy atom. The van der Waals surface area contributed by atoms with E-state index in [2.05, 4.69) is 4.98 Å². The van der Waals surface area contributed by atoms with Gasteiger partial charge in [-0.25, -0.2) is 4.98 Å². The van der Waals surface area contributed by atoms with Gasteiger partial charge in [0.25, 0.3) is 5.91 Å². The van der Waals surface area contributed by atoms with Crippen LogP contribution in [-0.2, 0) is 4.74 Å². The number of aliphatic hydroxyl groups is 1. The summed E-state index contributed by atoms with van der Waals surface area (Å²) in [5.74, 6) is 0.739. The summed E-state index contributed by atoms with van der Waals surface area (Å²) in [5.41, 5.74) is 1.58. The maximum Gasteiger partial charge on any atom is 0.253 e. The summed E-state index contributed by atoms with van der Waals surface area (Å²) in [5, 5.41) is 8.77. The topological polar surface area (TPSA) is 75.8 Å². The van der Waals surface area contributed by atoms with Crippen molar-refractivity contribution in [3.8, 4) is 11.3 Å². The molecule has 24 heavy (non-hydrogen) atoms. The highest BCUT2D eigenvalue weighted by Crippen LogP contribution is 2.21. The van der Waals surface area contributed by atoms with Crippen molar-refractivity contribution in [2.24, 2.45) is 0 Å². The van der Waals surface area contributed by atoms with Crippen molar-refractivity contribution >= 4 is 5.91 Å². The van der Waals surface area contributed by atoms with E-state index in [1.165, 1.54) is 6.39 Å². The fraction of sp³-hybridized carbons (Fsp3) is 0.444. The Bertz CT molecular complexity index is 632. The Morgan fingerprint density at radius 1 is 1.29 bits per heavy atom. The largest absolute Gasteiger partial charge is 0.444 e. The van der Waals surface area contributed by atoms with Crippen molar-refractivity contribution < 1.29 is 19.1 Å². The van der Waals surface area contributed by atoms with Crippen molar-refractivity contribution in [2.75, 3.05) is 26.3 Å². The first-order valence-corrected chi connectivity index (χ1v) is 8.28.